The van der Waals surface area contributed by atoms with Crippen LogP contribution < -0.4 is 10.2 Å². The van der Waals surface area contributed by atoms with E-state index in [1.807, 2.05) is 12.1 Å². The number of carbonyl (C=O) groups is 1. The molecule has 2 aromatic carbocycles. The Hall–Kier alpha value is -2.33. The minimum Gasteiger partial charge on any atom is -0.367 e. The number of carbonyl (C=O) groups excluding carboxylic acids is 1. The van der Waals surface area contributed by atoms with E-state index < -0.39 is 0 Å². The second-order valence-electron chi connectivity index (χ2n) is 8.70. The highest BCUT2D eigenvalue weighted by atomic mass is 16.1. The summed E-state index contributed by atoms with van der Waals surface area (Å²) in [5.74, 6) is 0.0405. The first kappa shape index (κ1) is 20.9. The number of piperidine rings is 1. The molecule has 1 atom stereocenters. The minimum absolute atomic E-state index is 0.0405. The van der Waals surface area contributed by atoms with Crippen LogP contribution in [0, 0.1) is 0 Å². The third-order valence-electron chi connectivity index (χ3n) is 6.70. The topological polar surface area (TPSA) is 35.6 Å². The summed E-state index contributed by atoms with van der Waals surface area (Å²) in [7, 11) is 0. The van der Waals surface area contributed by atoms with Crippen molar-refractivity contribution in [3.05, 3.63) is 65.2 Å². The van der Waals surface area contributed by atoms with Gasteiger partial charge in [0.05, 0.1) is 0 Å². The maximum Gasteiger partial charge on any atom is 0.251 e. The molecule has 30 heavy (non-hydrogen) atoms. The van der Waals surface area contributed by atoms with Crippen LogP contribution in [-0.2, 0) is 13.0 Å². The lowest BCUT2D eigenvalue weighted by atomic mass is 10.00. The molecule has 2 heterocycles. The molecule has 2 aliphatic heterocycles. The highest BCUT2D eigenvalue weighted by molar-refractivity contribution is 5.94. The zero-order chi connectivity index (χ0) is 20.8. The van der Waals surface area contributed by atoms with Gasteiger partial charge in [-0.2, -0.15) is 0 Å². The molecule has 2 aromatic rings. The average molecular weight is 406 g/mol. The lowest BCUT2D eigenvalue weighted by molar-refractivity contribution is 0.0947. The molecule has 0 unspecified atom stereocenters. The Kier molecular flexibility index (Phi) is 7.06. The minimum atomic E-state index is 0.0405. The Morgan fingerprint density at radius 1 is 1.07 bits per heavy atom. The van der Waals surface area contributed by atoms with E-state index in [4.69, 9.17) is 0 Å². The third-order valence-corrected chi connectivity index (χ3v) is 6.70. The van der Waals surface area contributed by atoms with Crippen LogP contribution in [0.5, 0.6) is 0 Å². The lowest BCUT2D eigenvalue weighted by Crippen LogP contribution is -2.40. The molecular weight excluding hydrogens is 370 g/mol. The third kappa shape index (κ3) is 5.04. The molecule has 1 N–H and O–H groups in total. The van der Waals surface area contributed by atoms with Gasteiger partial charge < -0.3 is 15.1 Å². The van der Waals surface area contributed by atoms with Crippen LogP contribution in [0.2, 0.25) is 0 Å². The van der Waals surface area contributed by atoms with E-state index in [-0.39, 0.29) is 5.91 Å². The van der Waals surface area contributed by atoms with E-state index in [2.05, 4.69) is 58.4 Å². The van der Waals surface area contributed by atoms with Gasteiger partial charge in [0.25, 0.3) is 5.91 Å². The highest BCUT2D eigenvalue weighted by Crippen LogP contribution is 2.28. The quantitative estimate of drug-likeness (QED) is 0.650. The number of likely N-dealkylation sites (tertiary alicyclic amines) is 1. The van der Waals surface area contributed by atoms with E-state index >= 15 is 0 Å². The van der Waals surface area contributed by atoms with Gasteiger partial charge in [-0.25, -0.2) is 0 Å². The molecule has 0 bridgehead atoms. The predicted octanol–water partition coefficient (Wildman–Crippen LogP) is 4.63. The standard InChI is InChI=1S/C26H35N3O/c1-2-24-9-5-6-17-28(24)18-7-16-27-26(30)23-13-11-21(12-14-23)20-29-19-15-22-8-3-4-10-25(22)29/h3-4,8,10-14,24H,2,5-7,9,15-20H2,1H3,(H,27,30)/t24-/m1/s1. The Bertz CT molecular complexity index is 832. The van der Waals surface area contributed by atoms with Gasteiger partial charge in [0.15, 0.2) is 0 Å². The second kappa shape index (κ2) is 10.1. The van der Waals surface area contributed by atoms with Gasteiger partial charge in [-0.15, -0.1) is 0 Å². The lowest BCUT2D eigenvalue weighted by Gasteiger charge is -2.35. The van der Waals surface area contributed by atoms with Gasteiger partial charge >= 0.3 is 0 Å². The smallest absolute Gasteiger partial charge is 0.251 e. The van der Waals surface area contributed by atoms with Crippen molar-refractivity contribution in [3.63, 3.8) is 0 Å². The van der Waals surface area contributed by atoms with Crippen LogP contribution in [0.1, 0.15) is 60.5 Å². The molecule has 160 valence electrons. The number of hydrogen-bond donors (Lipinski definition) is 1. The summed E-state index contributed by atoms with van der Waals surface area (Å²) >= 11 is 0. The Balaban J connectivity index is 1.22. The SMILES string of the molecule is CC[C@@H]1CCCCN1CCCNC(=O)c1ccc(CN2CCc3ccccc32)cc1. The maximum atomic E-state index is 12.5. The largest absolute Gasteiger partial charge is 0.367 e. The normalized spacial score (nSPS) is 19.0. The van der Waals surface area contributed by atoms with Crippen molar-refractivity contribution in [2.45, 2.75) is 58.0 Å². The van der Waals surface area contributed by atoms with Crippen LogP contribution in [0.15, 0.2) is 48.5 Å². The van der Waals surface area contributed by atoms with Gasteiger partial charge in [0.1, 0.15) is 0 Å². The van der Waals surface area contributed by atoms with E-state index in [9.17, 15) is 4.79 Å². The van der Waals surface area contributed by atoms with Crippen molar-refractivity contribution in [1.82, 2.24) is 10.2 Å². The summed E-state index contributed by atoms with van der Waals surface area (Å²) in [6, 6.07) is 17.5. The van der Waals surface area contributed by atoms with Crippen LogP contribution in [-0.4, -0.2) is 43.0 Å². The van der Waals surface area contributed by atoms with E-state index in [1.165, 1.54) is 49.0 Å². The molecule has 0 radical (unpaired) electrons. The van der Waals surface area contributed by atoms with Crippen molar-refractivity contribution in [1.29, 1.82) is 0 Å². The summed E-state index contributed by atoms with van der Waals surface area (Å²) in [6.07, 6.45) is 7.39. The molecule has 4 nitrogen and oxygen atoms in total. The Labute approximate surface area is 181 Å². The van der Waals surface area contributed by atoms with Gasteiger partial charge in [-0.1, -0.05) is 43.7 Å². The number of rotatable bonds is 8. The first-order chi connectivity index (χ1) is 14.7. The van der Waals surface area contributed by atoms with Crippen molar-refractivity contribution >= 4 is 11.6 Å². The van der Waals surface area contributed by atoms with E-state index in [0.29, 0.717) is 0 Å². The zero-order valence-electron chi connectivity index (χ0n) is 18.3. The van der Waals surface area contributed by atoms with Crippen LogP contribution in [0.25, 0.3) is 0 Å². The Morgan fingerprint density at radius 2 is 1.90 bits per heavy atom. The first-order valence-electron chi connectivity index (χ1n) is 11.7. The number of nitrogens with zero attached hydrogens (tertiary/aromatic N) is 2. The number of para-hydroxylation sites is 1. The monoisotopic (exact) mass is 405 g/mol. The fourth-order valence-electron chi connectivity index (χ4n) is 4.96. The number of benzene rings is 2. The summed E-state index contributed by atoms with van der Waals surface area (Å²) in [4.78, 5) is 17.5. The number of amides is 1. The first-order valence-corrected chi connectivity index (χ1v) is 11.7. The molecule has 1 fully saturated rings. The maximum absolute atomic E-state index is 12.5. The van der Waals surface area contributed by atoms with Crippen LogP contribution >= 0.6 is 0 Å². The summed E-state index contributed by atoms with van der Waals surface area (Å²) in [5.41, 5.74) is 4.78. The fraction of sp³-hybridized carbons (Fsp3) is 0.500. The zero-order valence-corrected chi connectivity index (χ0v) is 18.3. The molecule has 0 spiro atoms. The van der Waals surface area contributed by atoms with Gasteiger partial charge in [-0.3, -0.25) is 4.79 Å². The number of hydrogen-bond acceptors (Lipinski definition) is 3. The van der Waals surface area contributed by atoms with Crippen molar-refractivity contribution in [2.24, 2.45) is 0 Å². The second-order valence-corrected chi connectivity index (χ2v) is 8.70. The molecule has 0 saturated carbocycles. The van der Waals surface area contributed by atoms with Crippen molar-refractivity contribution in [2.75, 3.05) is 31.1 Å². The molecule has 4 heteroatoms. The summed E-state index contributed by atoms with van der Waals surface area (Å²) < 4.78 is 0. The van der Waals surface area contributed by atoms with E-state index in [1.54, 1.807) is 0 Å². The van der Waals surface area contributed by atoms with Gasteiger partial charge in [-0.05, 0) is 68.0 Å². The number of fused-ring (bicyclic) bond motifs is 1. The summed E-state index contributed by atoms with van der Waals surface area (Å²) in [6.45, 7) is 7.31. The fourth-order valence-corrected chi connectivity index (χ4v) is 4.96. The number of anilines is 1. The molecule has 2 aliphatic rings. The number of nitrogens with one attached hydrogen (secondary N) is 1. The molecule has 0 aliphatic carbocycles. The summed E-state index contributed by atoms with van der Waals surface area (Å²) in [5, 5.41) is 3.10. The highest BCUT2D eigenvalue weighted by Gasteiger charge is 2.20. The molecule has 1 amide bonds. The van der Waals surface area contributed by atoms with Gasteiger partial charge in [0, 0.05) is 43.5 Å². The molecular formula is C26H35N3O. The van der Waals surface area contributed by atoms with E-state index in [0.717, 1.165) is 50.6 Å². The van der Waals surface area contributed by atoms with Crippen LogP contribution in [0.3, 0.4) is 0 Å². The Morgan fingerprint density at radius 3 is 2.73 bits per heavy atom. The predicted molar refractivity (Wildman–Crippen MR) is 124 cm³/mol. The van der Waals surface area contributed by atoms with Crippen LogP contribution in [0.4, 0.5) is 5.69 Å². The average Bonchev–Trinajstić information content (AvgIpc) is 3.20. The van der Waals surface area contributed by atoms with Gasteiger partial charge in [0.2, 0.25) is 0 Å². The molecule has 0 aromatic heterocycles. The molecule has 1 saturated heterocycles. The van der Waals surface area contributed by atoms with Crippen molar-refractivity contribution in [3.8, 4) is 0 Å². The van der Waals surface area contributed by atoms with Crippen molar-refractivity contribution < 1.29 is 4.79 Å². The molecule has 4 rings (SSSR count).